The number of carbonyl (C=O) groups excluding carboxylic acids is 1. The van der Waals surface area contributed by atoms with E-state index < -0.39 is 0 Å². The van der Waals surface area contributed by atoms with Gasteiger partial charge < -0.3 is 10.3 Å². The Morgan fingerprint density at radius 3 is 3.00 bits per heavy atom. The van der Waals surface area contributed by atoms with Crippen LogP contribution in [0.15, 0.2) is 24.4 Å². The molecule has 1 aromatic carbocycles. The van der Waals surface area contributed by atoms with E-state index in [0.717, 1.165) is 22.9 Å². The van der Waals surface area contributed by atoms with Crippen molar-refractivity contribution in [3.05, 3.63) is 35.8 Å². The molecule has 0 saturated heterocycles. The van der Waals surface area contributed by atoms with Crippen LogP contribution in [0.1, 0.15) is 25.8 Å². The molecule has 4 heteroatoms. The molecule has 2 aromatic rings. The first-order chi connectivity index (χ1) is 8.60. The van der Waals surface area contributed by atoms with Gasteiger partial charge in [0.25, 0.3) is 0 Å². The first-order valence-corrected chi connectivity index (χ1v) is 6.15. The summed E-state index contributed by atoms with van der Waals surface area (Å²) in [6, 6.07) is 4.71. The van der Waals surface area contributed by atoms with Gasteiger partial charge in [0.15, 0.2) is 0 Å². The molecular weight excluding hydrogens is 231 g/mol. The average Bonchev–Trinajstić information content (AvgIpc) is 2.71. The van der Waals surface area contributed by atoms with Crippen molar-refractivity contribution in [1.29, 1.82) is 0 Å². The molecule has 0 aliphatic rings. The minimum Gasteiger partial charge on any atom is -0.361 e. The largest absolute Gasteiger partial charge is 0.361 e. The SMILES string of the molecule is CCC(C)NC(=O)Cc1c[nH]c2ccc(F)cc12. The highest BCUT2D eigenvalue weighted by molar-refractivity contribution is 5.89. The second-order valence-corrected chi connectivity index (χ2v) is 4.56. The summed E-state index contributed by atoms with van der Waals surface area (Å²) in [6.45, 7) is 3.98. The molecule has 18 heavy (non-hydrogen) atoms. The first-order valence-electron chi connectivity index (χ1n) is 6.15. The second-order valence-electron chi connectivity index (χ2n) is 4.56. The van der Waals surface area contributed by atoms with Gasteiger partial charge in [0, 0.05) is 23.1 Å². The average molecular weight is 248 g/mol. The number of hydrogen-bond acceptors (Lipinski definition) is 1. The van der Waals surface area contributed by atoms with E-state index >= 15 is 0 Å². The standard InChI is InChI=1S/C14H17FN2O/c1-3-9(2)17-14(18)6-10-8-16-13-5-4-11(15)7-12(10)13/h4-5,7-9,16H,3,6H2,1-2H3,(H,17,18). The summed E-state index contributed by atoms with van der Waals surface area (Å²) >= 11 is 0. The maximum absolute atomic E-state index is 13.2. The Kier molecular flexibility index (Phi) is 3.65. The molecule has 2 rings (SSSR count). The van der Waals surface area contributed by atoms with E-state index in [4.69, 9.17) is 0 Å². The van der Waals surface area contributed by atoms with Gasteiger partial charge in [-0.25, -0.2) is 4.39 Å². The predicted molar refractivity (Wildman–Crippen MR) is 69.9 cm³/mol. The monoisotopic (exact) mass is 248 g/mol. The number of benzene rings is 1. The highest BCUT2D eigenvalue weighted by atomic mass is 19.1. The Balaban J connectivity index is 2.16. The summed E-state index contributed by atoms with van der Waals surface area (Å²) in [5, 5.41) is 3.67. The number of rotatable bonds is 4. The zero-order valence-electron chi connectivity index (χ0n) is 10.6. The van der Waals surface area contributed by atoms with Crippen molar-refractivity contribution in [2.45, 2.75) is 32.7 Å². The van der Waals surface area contributed by atoms with E-state index in [-0.39, 0.29) is 24.2 Å². The molecule has 96 valence electrons. The summed E-state index contributed by atoms with van der Waals surface area (Å²) in [6.07, 6.45) is 2.93. The molecule has 1 heterocycles. The minimum atomic E-state index is -0.286. The Morgan fingerprint density at radius 2 is 2.28 bits per heavy atom. The molecule has 0 spiro atoms. The molecule has 1 unspecified atom stereocenters. The van der Waals surface area contributed by atoms with E-state index in [1.807, 2.05) is 13.8 Å². The topological polar surface area (TPSA) is 44.9 Å². The lowest BCUT2D eigenvalue weighted by Crippen LogP contribution is -2.33. The van der Waals surface area contributed by atoms with Gasteiger partial charge in [-0.05, 0) is 37.1 Å². The number of nitrogens with one attached hydrogen (secondary N) is 2. The second kappa shape index (κ2) is 5.21. The van der Waals surface area contributed by atoms with Crippen molar-refractivity contribution in [3.63, 3.8) is 0 Å². The maximum atomic E-state index is 13.2. The molecule has 0 aliphatic heterocycles. The first kappa shape index (κ1) is 12.6. The normalized spacial score (nSPS) is 12.6. The van der Waals surface area contributed by atoms with Crippen LogP contribution in [0, 0.1) is 5.82 Å². The number of aromatic nitrogens is 1. The van der Waals surface area contributed by atoms with Crippen molar-refractivity contribution in [3.8, 4) is 0 Å². The van der Waals surface area contributed by atoms with Crippen LogP contribution in [0.5, 0.6) is 0 Å². The summed E-state index contributed by atoms with van der Waals surface area (Å²) < 4.78 is 13.2. The van der Waals surface area contributed by atoms with E-state index in [9.17, 15) is 9.18 Å². The quantitative estimate of drug-likeness (QED) is 0.858. The molecule has 3 nitrogen and oxygen atoms in total. The third-order valence-electron chi connectivity index (χ3n) is 3.10. The molecular formula is C14H17FN2O. The third-order valence-corrected chi connectivity index (χ3v) is 3.10. The van der Waals surface area contributed by atoms with Crippen LogP contribution in [0.3, 0.4) is 0 Å². The molecule has 1 amide bonds. The van der Waals surface area contributed by atoms with Crippen molar-refractivity contribution in [1.82, 2.24) is 10.3 Å². The lowest BCUT2D eigenvalue weighted by molar-refractivity contribution is -0.121. The van der Waals surface area contributed by atoms with Crippen LogP contribution in [-0.4, -0.2) is 16.9 Å². The summed E-state index contributed by atoms with van der Waals surface area (Å²) in [5.41, 5.74) is 1.67. The van der Waals surface area contributed by atoms with Crippen LogP contribution in [0.25, 0.3) is 10.9 Å². The smallest absolute Gasteiger partial charge is 0.224 e. The minimum absolute atomic E-state index is 0.0329. The van der Waals surface area contributed by atoms with Gasteiger partial charge in [-0.2, -0.15) is 0 Å². The Hall–Kier alpha value is -1.84. The summed E-state index contributed by atoms with van der Waals surface area (Å²) in [4.78, 5) is 14.8. The van der Waals surface area contributed by atoms with Gasteiger partial charge >= 0.3 is 0 Å². The highest BCUT2D eigenvalue weighted by Gasteiger charge is 2.10. The third kappa shape index (κ3) is 2.70. The molecule has 0 aliphatic carbocycles. The lowest BCUT2D eigenvalue weighted by Gasteiger charge is -2.10. The van der Waals surface area contributed by atoms with E-state index in [1.165, 1.54) is 12.1 Å². The Morgan fingerprint density at radius 1 is 1.50 bits per heavy atom. The van der Waals surface area contributed by atoms with Crippen molar-refractivity contribution < 1.29 is 9.18 Å². The van der Waals surface area contributed by atoms with Crippen molar-refractivity contribution in [2.75, 3.05) is 0 Å². The zero-order chi connectivity index (χ0) is 13.1. The molecule has 0 bridgehead atoms. The van der Waals surface area contributed by atoms with Crippen molar-refractivity contribution >= 4 is 16.8 Å². The van der Waals surface area contributed by atoms with Crippen LogP contribution in [0.4, 0.5) is 4.39 Å². The van der Waals surface area contributed by atoms with Crippen LogP contribution < -0.4 is 5.32 Å². The fourth-order valence-electron chi connectivity index (χ4n) is 1.90. The van der Waals surface area contributed by atoms with Crippen LogP contribution in [-0.2, 0) is 11.2 Å². The molecule has 1 atom stereocenters. The molecule has 0 radical (unpaired) electrons. The summed E-state index contributed by atoms with van der Waals surface area (Å²) in [5.74, 6) is -0.319. The van der Waals surface area contributed by atoms with E-state index in [2.05, 4.69) is 10.3 Å². The van der Waals surface area contributed by atoms with E-state index in [0.29, 0.717) is 0 Å². The number of fused-ring (bicyclic) bond motifs is 1. The number of H-pyrrole nitrogens is 1. The number of carbonyl (C=O) groups is 1. The van der Waals surface area contributed by atoms with Gasteiger partial charge in [-0.3, -0.25) is 4.79 Å². The molecule has 2 N–H and O–H groups in total. The maximum Gasteiger partial charge on any atom is 0.224 e. The zero-order valence-corrected chi connectivity index (χ0v) is 10.6. The fourth-order valence-corrected chi connectivity index (χ4v) is 1.90. The van der Waals surface area contributed by atoms with Crippen molar-refractivity contribution in [2.24, 2.45) is 0 Å². The Bertz CT molecular complexity index is 562. The van der Waals surface area contributed by atoms with Gasteiger partial charge in [-0.15, -0.1) is 0 Å². The molecule has 0 fully saturated rings. The molecule has 1 aromatic heterocycles. The number of hydrogen-bond donors (Lipinski definition) is 2. The van der Waals surface area contributed by atoms with Gasteiger partial charge in [0.2, 0.25) is 5.91 Å². The number of aromatic amines is 1. The lowest BCUT2D eigenvalue weighted by atomic mass is 10.1. The van der Waals surface area contributed by atoms with Gasteiger partial charge in [-0.1, -0.05) is 6.92 Å². The fraction of sp³-hybridized carbons (Fsp3) is 0.357. The van der Waals surface area contributed by atoms with Gasteiger partial charge in [0.05, 0.1) is 6.42 Å². The number of amides is 1. The van der Waals surface area contributed by atoms with Crippen LogP contribution in [0.2, 0.25) is 0 Å². The highest BCUT2D eigenvalue weighted by Crippen LogP contribution is 2.19. The van der Waals surface area contributed by atoms with Crippen LogP contribution >= 0.6 is 0 Å². The Labute approximate surface area is 105 Å². The number of halogens is 1. The predicted octanol–water partition coefficient (Wildman–Crippen LogP) is 2.76. The van der Waals surface area contributed by atoms with Gasteiger partial charge in [0.1, 0.15) is 5.82 Å². The summed E-state index contributed by atoms with van der Waals surface area (Å²) in [7, 11) is 0. The van der Waals surface area contributed by atoms with E-state index in [1.54, 1.807) is 12.3 Å². The molecule has 0 saturated carbocycles.